The number of hydrogen-bond acceptors (Lipinski definition) is 6. The summed E-state index contributed by atoms with van der Waals surface area (Å²) in [4.78, 5) is 32.9. The standard InChI is InChI=1S/C15H11N3O5/c19-14(10-6-8-12(9-7-10)18(22)23)13(17-21)15(20)16-11-4-2-1-3-5-11/h1-9,19H,(H,16,20)/b14-13+. The molecule has 116 valence electrons. The van der Waals surface area contributed by atoms with Gasteiger partial charge >= 0.3 is 0 Å². The van der Waals surface area contributed by atoms with Gasteiger partial charge in [-0.2, -0.15) is 0 Å². The summed E-state index contributed by atoms with van der Waals surface area (Å²) < 4.78 is 0. The highest BCUT2D eigenvalue weighted by Gasteiger charge is 2.18. The second-order valence-corrected chi connectivity index (χ2v) is 4.41. The Bertz CT molecular complexity index is 769. The zero-order valence-electron chi connectivity index (χ0n) is 11.7. The number of nitro groups is 1. The fourth-order valence-corrected chi connectivity index (χ4v) is 1.78. The smallest absolute Gasteiger partial charge is 0.281 e. The third-order valence-electron chi connectivity index (χ3n) is 2.91. The topological polar surface area (TPSA) is 122 Å². The number of non-ortho nitro benzene ring substituents is 1. The summed E-state index contributed by atoms with van der Waals surface area (Å²) in [5.74, 6) is -1.55. The summed E-state index contributed by atoms with van der Waals surface area (Å²) >= 11 is 0. The van der Waals surface area contributed by atoms with Gasteiger partial charge in [-0.25, -0.2) is 0 Å². The van der Waals surface area contributed by atoms with Crippen LogP contribution >= 0.6 is 0 Å². The van der Waals surface area contributed by atoms with Crippen LogP contribution in [-0.2, 0) is 4.79 Å². The molecule has 0 saturated heterocycles. The largest absolute Gasteiger partial charge is 0.505 e. The minimum Gasteiger partial charge on any atom is -0.505 e. The Labute approximate surface area is 130 Å². The number of benzene rings is 2. The first-order chi connectivity index (χ1) is 11.0. The molecule has 0 heterocycles. The van der Waals surface area contributed by atoms with Gasteiger partial charge in [0.2, 0.25) is 5.70 Å². The van der Waals surface area contributed by atoms with Crippen molar-refractivity contribution in [1.82, 2.24) is 0 Å². The van der Waals surface area contributed by atoms with Crippen LogP contribution in [0.15, 0.2) is 65.5 Å². The van der Waals surface area contributed by atoms with E-state index in [0.717, 1.165) is 12.1 Å². The maximum Gasteiger partial charge on any atom is 0.281 e. The van der Waals surface area contributed by atoms with Crippen molar-refractivity contribution < 1.29 is 14.8 Å². The van der Waals surface area contributed by atoms with Gasteiger partial charge in [0.05, 0.1) is 4.92 Å². The Balaban J connectivity index is 2.29. The summed E-state index contributed by atoms with van der Waals surface area (Å²) in [5.41, 5.74) is -0.415. The SMILES string of the molecule is O=N/C(C(=O)Nc1ccccc1)=C(/O)c1ccc([N+](=O)[O-])cc1. The molecule has 8 nitrogen and oxygen atoms in total. The van der Waals surface area contributed by atoms with Crippen LogP contribution in [0.4, 0.5) is 11.4 Å². The molecule has 1 amide bonds. The quantitative estimate of drug-likeness (QED) is 0.288. The third kappa shape index (κ3) is 3.76. The van der Waals surface area contributed by atoms with Gasteiger partial charge in [-0.05, 0) is 29.4 Å². The first-order valence-corrected chi connectivity index (χ1v) is 6.40. The van der Waals surface area contributed by atoms with E-state index in [1.807, 2.05) is 0 Å². The molecule has 0 aliphatic heterocycles. The van der Waals surface area contributed by atoms with E-state index < -0.39 is 22.3 Å². The van der Waals surface area contributed by atoms with Crippen LogP contribution in [0.25, 0.3) is 5.76 Å². The first-order valence-electron chi connectivity index (χ1n) is 6.40. The molecule has 8 heteroatoms. The van der Waals surface area contributed by atoms with E-state index in [2.05, 4.69) is 10.5 Å². The number of amides is 1. The predicted octanol–water partition coefficient (Wildman–Crippen LogP) is 3.23. The van der Waals surface area contributed by atoms with Crippen molar-refractivity contribution in [3.05, 3.63) is 80.9 Å². The van der Waals surface area contributed by atoms with Crippen LogP contribution in [0.2, 0.25) is 0 Å². The summed E-state index contributed by atoms with van der Waals surface area (Å²) in [6.07, 6.45) is 0. The molecule has 0 fully saturated rings. The maximum atomic E-state index is 12.0. The Kier molecular flexibility index (Phi) is 4.78. The summed E-state index contributed by atoms with van der Waals surface area (Å²) in [6, 6.07) is 13.0. The monoisotopic (exact) mass is 313 g/mol. The molecule has 0 atom stereocenters. The van der Waals surface area contributed by atoms with Gasteiger partial charge in [0.15, 0.2) is 5.76 Å². The Morgan fingerprint density at radius 3 is 2.22 bits per heavy atom. The number of anilines is 1. The zero-order valence-corrected chi connectivity index (χ0v) is 11.7. The molecule has 2 aromatic carbocycles. The minimum absolute atomic E-state index is 0.0633. The predicted molar refractivity (Wildman–Crippen MR) is 83.5 cm³/mol. The normalized spacial score (nSPS) is 11.3. The number of carbonyl (C=O) groups is 1. The van der Waals surface area contributed by atoms with Crippen molar-refractivity contribution in [1.29, 1.82) is 0 Å². The van der Waals surface area contributed by atoms with Crippen molar-refractivity contribution in [2.24, 2.45) is 5.18 Å². The molecule has 2 rings (SSSR count). The molecule has 23 heavy (non-hydrogen) atoms. The number of nitrogens with zero attached hydrogens (tertiary/aromatic N) is 2. The van der Waals surface area contributed by atoms with E-state index in [9.17, 15) is 24.9 Å². The third-order valence-corrected chi connectivity index (χ3v) is 2.91. The number of aliphatic hydroxyl groups is 1. The molecule has 0 unspecified atom stereocenters. The van der Waals surface area contributed by atoms with Crippen molar-refractivity contribution >= 4 is 23.0 Å². The average molecular weight is 313 g/mol. The fourth-order valence-electron chi connectivity index (χ4n) is 1.78. The van der Waals surface area contributed by atoms with Crippen LogP contribution < -0.4 is 5.32 Å². The number of carbonyl (C=O) groups excluding carboxylic acids is 1. The lowest BCUT2D eigenvalue weighted by atomic mass is 10.1. The molecular formula is C15H11N3O5. The molecule has 2 aromatic rings. The van der Waals surface area contributed by atoms with Crippen LogP contribution in [-0.4, -0.2) is 15.9 Å². The van der Waals surface area contributed by atoms with Gasteiger partial charge in [-0.3, -0.25) is 14.9 Å². The summed E-state index contributed by atoms with van der Waals surface area (Å²) in [6.45, 7) is 0. The molecule has 0 aliphatic carbocycles. The number of nitrogens with one attached hydrogen (secondary N) is 1. The fraction of sp³-hybridized carbons (Fsp3) is 0. The molecule has 0 saturated carbocycles. The van der Waals surface area contributed by atoms with Gasteiger partial charge in [0.1, 0.15) is 0 Å². The van der Waals surface area contributed by atoms with Crippen LogP contribution in [0.3, 0.4) is 0 Å². The van der Waals surface area contributed by atoms with E-state index in [0.29, 0.717) is 5.69 Å². The zero-order chi connectivity index (χ0) is 16.8. The van der Waals surface area contributed by atoms with Gasteiger partial charge < -0.3 is 10.4 Å². The van der Waals surface area contributed by atoms with E-state index in [-0.39, 0.29) is 11.3 Å². The van der Waals surface area contributed by atoms with Crippen LogP contribution in [0.1, 0.15) is 5.56 Å². The Morgan fingerprint density at radius 1 is 1.09 bits per heavy atom. The van der Waals surface area contributed by atoms with E-state index in [1.165, 1.54) is 12.1 Å². The van der Waals surface area contributed by atoms with Gasteiger partial charge in [-0.15, -0.1) is 4.91 Å². The highest BCUT2D eigenvalue weighted by Crippen LogP contribution is 2.21. The van der Waals surface area contributed by atoms with Gasteiger partial charge in [0, 0.05) is 23.4 Å². The number of aliphatic hydroxyl groups excluding tert-OH is 1. The van der Waals surface area contributed by atoms with Gasteiger partial charge in [0.25, 0.3) is 11.6 Å². The van der Waals surface area contributed by atoms with Crippen molar-refractivity contribution in [3.63, 3.8) is 0 Å². The number of para-hydroxylation sites is 1. The molecule has 0 aliphatic rings. The average Bonchev–Trinajstić information content (AvgIpc) is 2.56. The minimum atomic E-state index is -0.887. The maximum absolute atomic E-state index is 12.0. The first kappa shape index (κ1) is 15.8. The molecular weight excluding hydrogens is 302 g/mol. The highest BCUT2D eigenvalue weighted by molar-refractivity contribution is 6.07. The number of hydrogen-bond donors (Lipinski definition) is 2. The lowest BCUT2D eigenvalue weighted by molar-refractivity contribution is -0.384. The Hall–Kier alpha value is -3.55. The van der Waals surface area contributed by atoms with Crippen molar-refractivity contribution in [3.8, 4) is 0 Å². The number of rotatable bonds is 5. The lowest BCUT2D eigenvalue weighted by Gasteiger charge is -2.06. The summed E-state index contributed by atoms with van der Waals surface area (Å²) in [5, 5.41) is 25.6. The molecule has 0 bridgehead atoms. The Morgan fingerprint density at radius 2 is 1.70 bits per heavy atom. The van der Waals surface area contributed by atoms with E-state index in [1.54, 1.807) is 30.3 Å². The van der Waals surface area contributed by atoms with E-state index >= 15 is 0 Å². The number of nitro benzene ring substituents is 1. The van der Waals surface area contributed by atoms with Crippen LogP contribution in [0.5, 0.6) is 0 Å². The van der Waals surface area contributed by atoms with Crippen molar-refractivity contribution in [2.75, 3.05) is 5.32 Å². The van der Waals surface area contributed by atoms with Crippen molar-refractivity contribution in [2.45, 2.75) is 0 Å². The summed E-state index contributed by atoms with van der Waals surface area (Å²) in [7, 11) is 0. The second kappa shape index (κ2) is 6.94. The highest BCUT2D eigenvalue weighted by atomic mass is 16.6. The molecule has 0 aromatic heterocycles. The molecule has 2 N–H and O–H groups in total. The molecule has 0 radical (unpaired) electrons. The van der Waals surface area contributed by atoms with Crippen LogP contribution in [0, 0.1) is 15.0 Å². The second-order valence-electron chi connectivity index (χ2n) is 4.41. The lowest BCUT2D eigenvalue weighted by Crippen LogP contribution is -2.14. The van der Waals surface area contributed by atoms with Gasteiger partial charge in [-0.1, -0.05) is 18.2 Å². The van der Waals surface area contributed by atoms with E-state index in [4.69, 9.17) is 0 Å². The molecule has 0 spiro atoms. The number of nitroso groups, excluding NO2 is 1.